The van der Waals surface area contributed by atoms with Crippen molar-refractivity contribution in [2.75, 3.05) is 7.11 Å². The van der Waals surface area contributed by atoms with Crippen molar-refractivity contribution in [3.8, 4) is 17.6 Å². The van der Waals surface area contributed by atoms with Gasteiger partial charge in [-0.2, -0.15) is 5.26 Å². The Bertz CT molecular complexity index is 1100. The topological polar surface area (TPSA) is 67.8 Å². The quantitative estimate of drug-likeness (QED) is 0.254. The van der Waals surface area contributed by atoms with Gasteiger partial charge in [-0.3, -0.25) is 0 Å². The van der Waals surface area contributed by atoms with E-state index in [1.165, 1.54) is 0 Å². The molecule has 0 bridgehead atoms. The molecule has 29 heavy (non-hydrogen) atoms. The number of benzene rings is 2. The molecule has 148 valence electrons. The normalized spacial score (nSPS) is 10.9. The molecule has 0 amide bonds. The molecule has 0 saturated heterocycles. The second-order valence-corrected chi connectivity index (χ2v) is 8.36. The molecular formula is C22H18BrIN2O3. The molecule has 0 N–H and O–H groups in total. The zero-order valence-electron chi connectivity index (χ0n) is 16.1. The molecule has 7 heteroatoms. The Labute approximate surface area is 191 Å². The number of methoxy groups -OCH3 is 1. The van der Waals surface area contributed by atoms with Crippen LogP contribution < -0.4 is 9.47 Å². The summed E-state index contributed by atoms with van der Waals surface area (Å²) < 4.78 is 19.0. The van der Waals surface area contributed by atoms with E-state index in [0.717, 1.165) is 24.7 Å². The van der Waals surface area contributed by atoms with E-state index in [9.17, 15) is 5.26 Å². The van der Waals surface area contributed by atoms with Gasteiger partial charge in [-0.05, 0) is 71.8 Å². The summed E-state index contributed by atoms with van der Waals surface area (Å²) in [6, 6.07) is 13.9. The van der Waals surface area contributed by atoms with Crippen molar-refractivity contribution in [3.05, 3.63) is 72.5 Å². The minimum Gasteiger partial charge on any atom is -0.493 e. The number of nitrogens with zero attached hydrogens (tertiary/aromatic N) is 2. The molecule has 0 aliphatic rings. The molecule has 0 radical (unpaired) electrons. The first-order valence-corrected chi connectivity index (χ1v) is 10.6. The van der Waals surface area contributed by atoms with Gasteiger partial charge in [0.05, 0.1) is 10.7 Å². The Balaban J connectivity index is 1.83. The summed E-state index contributed by atoms with van der Waals surface area (Å²) in [5.41, 5.74) is 3.14. The molecule has 3 rings (SSSR count). The number of aliphatic imine (C=N–C) groups is 1. The Morgan fingerprint density at radius 1 is 1.24 bits per heavy atom. The number of nitriles is 1. The summed E-state index contributed by atoms with van der Waals surface area (Å²) in [7, 11) is 1.60. The van der Waals surface area contributed by atoms with Gasteiger partial charge in [-0.15, -0.1) is 0 Å². The number of aryl methyl sites for hydroxylation is 1. The van der Waals surface area contributed by atoms with Crippen LogP contribution in [0.15, 0.2) is 50.3 Å². The summed E-state index contributed by atoms with van der Waals surface area (Å²) in [5.74, 6) is 2.29. The van der Waals surface area contributed by atoms with Gasteiger partial charge in [0.1, 0.15) is 24.0 Å². The molecule has 0 spiro atoms. The number of furan rings is 1. The number of hydrogen-bond donors (Lipinski definition) is 0. The molecule has 0 aliphatic heterocycles. The second-order valence-electron chi connectivity index (χ2n) is 6.28. The third-order valence-electron chi connectivity index (χ3n) is 4.36. The van der Waals surface area contributed by atoms with Crippen LogP contribution in [0.25, 0.3) is 0 Å². The fraction of sp³-hybridized carbons (Fsp3) is 0.182. The summed E-state index contributed by atoms with van der Waals surface area (Å²) >= 11 is 5.64. The minimum atomic E-state index is 0.312. The van der Waals surface area contributed by atoms with Crippen LogP contribution >= 0.6 is 38.5 Å². The zero-order valence-corrected chi connectivity index (χ0v) is 19.9. The molecule has 3 aromatic rings. The van der Waals surface area contributed by atoms with Crippen molar-refractivity contribution in [1.82, 2.24) is 0 Å². The summed E-state index contributed by atoms with van der Waals surface area (Å²) in [6.07, 6.45) is 1.65. The van der Waals surface area contributed by atoms with Gasteiger partial charge < -0.3 is 13.9 Å². The largest absolute Gasteiger partial charge is 0.493 e. The average molecular weight is 565 g/mol. The third-order valence-corrected chi connectivity index (χ3v) is 5.69. The number of rotatable bonds is 6. The zero-order chi connectivity index (χ0) is 21.0. The Hall–Kier alpha value is -2.31. The van der Waals surface area contributed by atoms with Gasteiger partial charge in [0.2, 0.25) is 5.88 Å². The first kappa shape index (κ1) is 21.4. The van der Waals surface area contributed by atoms with E-state index in [2.05, 4.69) is 49.6 Å². The van der Waals surface area contributed by atoms with Gasteiger partial charge in [0.25, 0.3) is 0 Å². The van der Waals surface area contributed by atoms with Gasteiger partial charge in [-0.1, -0.05) is 28.1 Å². The first-order chi connectivity index (χ1) is 13.9. The minimum absolute atomic E-state index is 0.312. The number of hydrogen-bond acceptors (Lipinski definition) is 5. The second kappa shape index (κ2) is 9.46. The Morgan fingerprint density at radius 3 is 2.62 bits per heavy atom. The highest BCUT2D eigenvalue weighted by Crippen LogP contribution is 2.35. The molecule has 0 unspecified atom stereocenters. The Morgan fingerprint density at radius 2 is 1.97 bits per heavy atom. The fourth-order valence-corrected chi connectivity index (χ4v) is 3.70. The smallest absolute Gasteiger partial charge is 0.237 e. The number of ether oxygens (including phenoxy) is 2. The van der Waals surface area contributed by atoms with E-state index >= 15 is 0 Å². The predicted molar refractivity (Wildman–Crippen MR) is 124 cm³/mol. The summed E-state index contributed by atoms with van der Waals surface area (Å²) in [4.78, 5) is 4.36. The van der Waals surface area contributed by atoms with E-state index in [1.807, 2.05) is 50.2 Å². The fourth-order valence-electron chi connectivity index (χ4n) is 2.66. The lowest BCUT2D eigenvalue weighted by Gasteiger charge is -2.13. The van der Waals surface area contributed by atoms with Crippen LogP contribution in [0.2, 0.25) is 0 Å². The van der Waals surface area contributed by atoms with E-state index in [4.69, 9.17) is 13.9 Å². The van der Waals surface area contributed by atoms with Crippen molar-refractivity contribution in [2.45, 2.75) is 20.5 Å². The molecule has 0 fully saturated rings. The molecule has 0 aliphatic carbocycles. The van der Waals surface area contributed by atoms with Crippen LogP contribution in [0.3, 0.4) is 0 Å². The lowest BCUT2D eigenvalue weighted by Crippen LogP contribution is -2.00. The molecule has 0 atom stereocenters. The van der Waals surface area contributed by atoms with Crippen LogP contribution in [-0.4, -0.2) is 13.3 Å². The summed E-state index contributed by atoms with van der Waals surface area (Å²) in [6.45, 7) is 4.10. The molecule has 5 nitrogen and oxygen atoms in total. The summed E-state index contributed by atoms with van der Waals surface area (Å²) in [5, 5.41) is 9.32. The standard InChI is InChI=1S/C22H18BrIN2O3/c1-13-14(2)29-22(18(13)10-25)26-11-16-8-19(24)21(20(9-16)27-3)28-12-15-4-6-17(23)7-5-15/h4-9,11H,12H2,1-3H3. The van der Waals surface area contributed by atoms with Crippen LogP contribution in [-0.2, 0) is 6.61 Å². The highest BCUT2D eigenvalue weighted by molar-refractivity contribution is 14.1. The van der Waals surface area contributed by atoms with E-state index in [1.54, 1.807) is 13.3 Å². The van der Waals surface area contributed by atoms with E-state index in [-0.39, 0.29) is 0 Å². The van der Waals surface area contributed by atoms with Gasteiger partial charge in [0, 0.05) is 16.3 Å². The highest BCUT2D eigenvalue weighted by atomic mass is 127. The average Bonchev–Trinajstić information content (AvgIpc) is 2.99. The SMILES string of the molecule is COc1cc(C=Nc2oc(C)c(C)c2C#N)cc(I)c1OCc1ccc(Br)cc1. The van der Waals surface area contributed by atoms with Gasteiger partial charge >= 0.3 is 0 Å². The maximum absolute atomic E-state index is 9.32. The third kappa shape index (κ3) is 5.00. The maximum atomic E-state index is 9.32. The number of halogens is 2. The molecular weight excluding hydrogens is 547 g/mol. The lowest BCUT2D eigenvalue weighted by atomic mass is 10.2. The first-order valence-electron chi connectivity index (χ1n) is 8.72. The monoisotopic (exact) mass is 564 g/mol. The van der Waals surface area contributed by atoms with Gasteiger partial charge in [0.15, 0.2) is 11.5 Å². The van der Waals surface area contributed by atoms with Gasteiger partial charge in [-0.25, -0.2) is 4.99 Å². The predicted octanol–water partition coefficient (Wildman–Crippen LogP) is 6.47. The molecule has 0 saturated carbocycles. The maximum Gasteiger partial charge on any atom is 0.237 e. The lowest BCUT2D eigenvalue weighted by molar-refractivity contribution is 0.282. The van der Waals surface area contributed by atoms with Crippen molar-refractivity contribution < 1.29 is 13.9 Å². The van der Waals surface area contributed by atoms with Crippen molar-refractivity contribution in [1.29, 1.82) is 5.26 Å². The van der Waals surface area contributed by atoms with E-state index in [0.29, 0.717) is 35.3 Å². The van der Waals surface area contributed by atoms with Crippen molar-refractivity contribution >= 4 is 50.6 Å². The van der Waals surface area contributed by atoms with Crippen molar-refractivity contribution in [2.24, 2.45) is 4.99 Å². The van der Waals surface area contributed by atoms with Crippen LogP contribution in [0, 0.1) is 28.7 Å². The molecule has 2 aromatic carbocycles. The van der Waals surface area contributed by atoms with E-state index < -0.39 is 0 Å². The van der Waals surface area contributed by atoms with Crippen molar-refractivity contribution in [3.63, 3.8) is 0 Å². The molecule has 1 aromatic heterocycles. The Kier molecular flexibility index (Phi) is 6.98. The molecule has 1 heterocycles. The van der Waals surface area contributed by atoms with Crippen LogP contribution in [0.1, 0.15) is 28.0 Å². The highest BCUT2D eigenvalue weighted by Gasteiger charge is 2.14. The van der Waals surface area contributed by atoms with Crippen LogP contribution in [0.4, 0.5) is 5.88 Å². The van der Waals surface area contributed by atoms with Crippen LogP contribution in [0.5, 0.6) is 11.5 Å².